The van der Waals surface area contributed by atoms with Crippen LogP contribution in [0.2, 0.25) is 0 Å². The topological polar surface area (TPSA) is 66.5 Å². The molecule has 5 nitrogen and oxygen atoms in total. The van der Waals surface area contributed by atoms with Gasteiger partial charge in [-0.3, -0.25) is 9.10 Å². The Morgan fingerprint density at radius 1 is 0.970 bits per heavy atom. The van der Waals surface area contributed by atoms with Gasteiger partial charge >= 0.3 is 0 Å². The number of nitrogens with one attached hydrogen (secondary N) is 1. The SMILES string of the molecule is Cc1cc(C)c(NC(=O)CCc2ccc(S(=O)(=O)N3CCCc4ccccc43)cc2)c(C)c1. The zero-order valence-corrected chi connectivity index (χ0v) is 20.2. The molecule has 0 saturated heterocycles. The molecule has 4 rings (SSSR count). The molecule has 6 heteroatoms. The second-order valence-corrected chi connectivity index (χ2v) is 10.6. The van der Waals surface area contributed by atoms with E-state index in [0.29, 0.717) is 19.4 Å². The lowest BCUT2D eigenvalue weighted by molar-refractivity contribution is -0.116. The van der Waals surface area contributed by atoms with Gasteiger partial charge in [-0.25, -0.2) is 8.42 Å². The molecule has 33 heavy (non-hydrogen) atoms. The van der Waals surface area contributed by atoms with Gasteiger partial charge in [-0.05, 0) is 80.5 Å². The van der Waals surface area contributed by atoms with E-state index in [1.165, 1.54) is 9.87 Å². The molecular weight excluding hydrogens is 432 g/mol. The zero-order chi connectivity index (χ0) is 23.6. The molecule has 1 aliphatic rings. The van der Waals surface area contributed by atoms with Crippen LogP contribution in [0, 0.1) is 20.8 Å². The van der Waals surface area contributed by atoms with Crippen molar-refractivity contribution in [2.45, 2.75) is 51.3 Å². The zero-order valence-electron chi connectivity index (χ0n) is 19.4. The van der Waals surface area contributed by atoms with Crippen molar-refractivity contribution in [1.82, 2.24) is 0 Å². The molecule has 1 N–H and O–H groups in total. The Balaban J connectivity index is 1.42. The summed E-state index contributed by atoms with van der Waals surface area (Å²) in [6.07, 6.45) is 2.58. The van der Waals surface area contributed by atoms with Gasteiger partial charge in [0.1, 0.15) is 0 Å². The number of fused-ring (bicyclic) bond motifs is 1. The Kier molecular flexibility index (Phi) is 6.56. The highest BCUT2D eigenvalue weighted by Crippen LogP contribution is 2.32. The van der Waals surface area contributed by atoms with Crippen molar-refractivity contribution in [3.05, 3.63) is 88.5 Å². The van der Waals surface area contributed by atoms with E-state index in [9.17, 15) is 13.2 Å². The summed E-state index contributed by atoms with van der Waals surface area (Å²) >= 11 is 0. The molecule has 0 saturated carbocycles. The first-order valence-electron chi connectivity index (χ1n) is 11.3. The lowest BCUT2D eigenvalue weighted by Crippen LogP contribution is -2.35. The number of hydrogen-bond donors (Lipinski definition) is 1. The molecule has 0 bridgehead atoms. The number of aryl methyl sites for hydroxylation is 5. The number of amides is 1. The van der Waals surface area contributed by atoms with Gasteiger partial charge in [0.2, 0.25) is 5.91 Å². The summed E-state index contributed by atoms with van der Waals surface area (Å²) < 4.78 is 28.1. The Morgan fingerprint density at radius 3 is 2.33 bits per heavy atom. The van der Waals surface area contributed by atoms with Crippen LogP contribution in [0.4, 0.5) is 11.4 Å². The third-order valence-electron chi connectivity index (χ3n) is 6.16. The predicted octanol–water partition coefficient (Wildman–Crippen LogP) is 5.32. The fraction of sp³-hybridized carbons (Fsp3) is 0.296. The number of rotatable bonds is 6. The molecule has 3 aromatic carbocycles. The second kappa shape index (κ2) is 9.40. The predicted molar refractivity (Wildman–Crippen MR) is 133 cm³/mol. The van der Waals surface area contributed by atoms with Crippen LogP contribution in [0.3, 0.4) is 0 Å². The molecule has 0 unspecified atom stereocenters. The minimum atomic E-state index is -3.62. The minimum absolute atomic E-state index is 0.0494. The second-order valence-electron chi connectivity index (χ2n) is 8.78. The van der Waals surface area contributed by atoms with Gasteiger partial charge in [-0.2, -0.15) is 0 Å². The van der Waals surface area contributed by atoms with Gasteiger partial charge in [0.15, 0.2) is 0 Å². The smallest absolute Gasteiger partial charge is 0.264 e. The van der Waals surface area contributed by atoms with Crippen LogP contribution >= 0.6 is 0 Å². The highest BCUT2D eigenvalue weighted by molar-refractivity contribution is 7.92. The van der Waals surface area contributed by atoms with Crippen molar-refractivity contribution < 1.29 is 13.2 Å². The van der Waals surface area contributed by atoms with Crippen molar-refractivity contribution in [1.29, 1.82) is 0 Å². The van der Waals surface area contributed by atoms with Gasteiger partial charge in [-0.1, -0.05) is 48.0 Å². The van der Waals surface area contributed by atoms with Crippen LogP contribution < -0.4 is 9.62 Å². The van der Waals surface area contributed by atoms with Gasteiger partial charge < -0.3 is 5.32 Å². The summed E-state index contributed by atoms with van der Waals surface area (Å²) in [6.45, 7) is 6.52. The Bertz CT molecular complexity index is 1260. The molecule has 0 fully saturated rings. The van der Waals surface area contributed by atoms with E-state index < -0.39 is 10.0 Å². The molecule has 0 atom stereocenters. The largest absolute Gasteiger partial charge is 0.326 e. The number of anilines is 2. The maximum absolute atomic E-state index is 13.3. The maximum Gasteiger partial charge on any atom is 0.264 e. The maximum atomic E-state index is 13.3. The fourth-order valence-corrected chi connectivity index (χ4v) is 6.08. The summed E-state index contributed by atoms with van der Waals surface area (Å²) in [5.74, 6) is -0.0494. The van der Waals surface area contributed by atoms with E-state index in [-0.39, 0.29) is 10.8 Å². The summed E-state index contributed by atoms with van der Waals surface area (Å²) in [6, 6.07) is 18.7. The molecular formula is C27H30N2O3S. The number of para-hydroxylation sites is 1. The van der Waals surface area contributed by atoms with Crippen molar-refractivity contribution in [2.75, 3.05) is 16.2 Å². The van der Waals surface area contributed by atoms with E-state index in [4.69, 9.17) is 0 Å². The van der Waals surface area contributed by atoms with E-state index in [2.05, 4.69) is 17.4 Å². The Morgan fingerprint density at radius 2 is 1.64 bits per heavy atom. The van der Waals surface area contributed by atoms with Gasteiger partial charge in [-0.15, -0.1) is 0 Å². The van der Waals surface area contributed by atoms with Crippen molar-refractivity contribution in [3.63, 3.8) is 0 Å². The molecule has 1 heterocycles. The van der Waals surface area contributed by atoms with E-state index in [1.807, 2.05) is 45.0 Å². The number of nitrogens with zero attached hydrogens (tertiary/aromatic N) is 1. The summed E-state index contributed by atoms with van der Waals surface area (Å²) in [5.41, 5.74) is 6.91. The summed E-state index contributed by atoms with van der Waals surface area (Å²) in [4.78, 5) is 12.8. The van der Waals surface area contributed by atoms with Crippen LogP contribution in [0.15, 0.2) is 65.6 Å². The highest BCUT2D eigenvalue weighted by atomic mass is 32.2. The third kappa shape index (κ3) is 4.96. The first-order valence-corrected chi connectivity index (χ1v) is 12.8. The molecule has 3 aromatic rings. The number of sulfonamides is 1. The number of carbonyl (C=O) groups is 1. The lowest BCUT2D eigenvalue weighted by Gasteiger charge is -2.30. The summed E-state index contributed by atoms with van der Waals surface area (Å²) in [7, 11) is -3.62. The van der Waals surface area contributed by atoms with E-state index in [1.54, 1.807) is 24.3 Å². The average molecular weight is 463 g/mol. The van der Waals surface area contributed by atoms with Crippen LogP contribution in [0.1, 0.15) is 40.7 Å². The van der Waals surface area contributed by atoms with Crippen LogP contribution in [-0.2, 0) is 27.7 Å². The van der Waals surface area contributed by atoms with Crippen LogP contribution in [0.5, 0.6) is 0 Å². The van der Waals surface area contributed by atoms with Gasteiger partial charge in [0.25, 0.3) is 10.0 Å². The monoisotopic (exact) mass is 462 g/mol. The Hall–Kier alpha value is -3.12. The third-order valence-corrected chi connectivity index (χ3v) is 7.99. The average Bonchev–Trinajstić information content (AvgIpc) is 2.80. The molecule has 1 aliphatic heterocycles. The van der Waals surface area contributed by atoms with Crippen molar-refractivity contribution in [3.8, 4) is 0 Å². The van der Waals surface area contributed by atoms with Gasteiger partial charge in [0.05, 0.1) is 10.6 Å². The molecule has 0 spiro atoms. The first kappa shape index (κ1) is 23.1. The fourth-order valence-electron chi connectivity index (χ4n) is 4.54. The number of carbonyl (C=O) groups excluding carboxylic acids is 1. The molecule has 0 aliphatic carbocycles. The Labute approximate surface area is 196 Å². The number of benzene rings is 3. The van der Waals surface area contributed by atoms with E-state index >= 15 is 0 Å². The van der Waals surface area contributed by atoms with Crippen molar-refractivity contribution >= 4 is 27.3 Å². The molecule has 0 radical (unpaired) electrons. The van der Waals surface area contributed by atoms with Gasteiger partial charge in [0, 0.05) is 18.7 Å². The quantitative estimate of drug-likeness (QED) is 0.539. The standard InChI is InChI=1S/C27H30N2O3S/c1-19-17-20(2)27(21(3)18-19)28-26(30)15-12-22-10-13-24(14-11-22)33(31,32)29-16-6-8-23-7-4-5-9-25(23)29/h4-5,7,9-11,13-14,17-18H,6,8,12,15-16H2,1-3H3,(H,28,30). The highest BCUT2D eigenvalue weighted by Gasteiger charge is 2.28. The van der Waals surface area contributed by atoms with E-state index in [0.717, 1.165) is 46.5 Å². The molecule has 1 amide bonds. The normalized spacial score (nSPS) is 13.5. The minimum Gasteiger partial charge on any atom is -0.326 e. The lowest BCUT2D eigenvalue weighted by atomic mass is 10.0. The first-order chi connectivity index (χ1) is 15.8. The molecule has 0 aromatic heterocycles. The van der Waals surface area contributed by atoms with Crippen LogP contribution in [0.25, 0.3) is 0 Å². The number of hydrogen-bond acceptors (Lipinski definition) is 3. The van der Waals surface area contributed by atoms with Crippen LogP contribution in [-0.4, -0.2) is 20.9 Å². The van der Waals surface area contributed by atoms with Crippen molar-refractivity contribution in [2.24, 2.45) is 0 Å². The molecule has 172 valence electrons. The summed E-state index contributed by atoms with van der Waals surface area (Å²) in [5, 5.41) is 3.02.